The van der Waals surface area contributed by atoms with Gasteiger partial charge in [-0.05, 0) is 36.1 Å². The molecule has 1 aromatic heterocycles. The minimum absolute atomic E-state index is 0. The third-order valence-electron chi connectivity index (χ3n) is 4.00. The molecule has 27 heavy (non-hydrogen) atoms. The number of benzene rings is 1. The number of hydrogen-bond acceptors (Lipinski definition) is 4. The zero-order valence-corrected chi connectivity index (χ0v) is 19.3. The zero-order chi connectivity index (χ0) is 19.2. The molecule has 0 bridgehead atoms. The van der Waals surface area contributed by atoms with Gasteiger partial charge in [-0.3, -0.25) is 9.67 Å². The van der Waals surface area contributed by atoms with E-state index >= 15 is 0 Å². The Morgan fingerprint density at radius 1 is 1.33 bits per heavy atom. The number of rotatable bonds is 7. The number of aryl methyl sites for hydroxylation is 1. The first-order chi connectivity index (χ1) is 12.3. The van der Waals surface area contributed by atoms with Gasteiger partial charge >= 0.3 is 0 Å². The molecule has 0 aliphatic carbocycles. The predicted octanol–water partition coefficient (Wildman–Crippen LogP) is 2.21. The molecule has 0 saturated carbocycles. The van der Waals surface area contributed by atoms with Crippen molar-refractivity contribution in [1.29, 1.82) is 0 Å². The lowest BCUT2D eigenvalue weighted by Gasteiger charge is -2.16. The molecular weight excluding hydrogens is 477 g/mol. The quantitative estimate of drug-likeness (QED) is 0.342. The summed E-state index contributed by atoms with van der Waals surface area (Å²) in [5.41, 5.74) is 1.75. The molecule has 9 heteroatoms. The standard InChI is InChI=1S/C18H27N5O2S.HI/c1-14(13-23-9-5-8-22-23)11-20-18(19-3)21-12-16-6-7-17(15(2)10-16)26(4,24)25;/h5-10,14H,11-13H2,1-4H3,(H2,19,20,21);1H. The number of sulfone groups is 1. The second-order valence-corrected chi connectivity index (χ2v) is 8.50. The Bertz CT molecular complexity index is 851. The maximum Gasteiger partial charge on any atom is 0.191 e. The van der Waals surface area contributed by atoms with Crippen molar-refractivity contribution in [2.24, 2.45) is 10.9 Å². The van der Waals surface area contributed by atoms with Crippen LogP contribution in [0.2, 0.25) is 0 Å². The van der Waals surface area contributed by atoms with Crippen LogP contribution in [-0.4, -0.2) is 44.0 Å². The number of halogens is 1. The van der Waals surface area contributed by atoms with Gasteiger partial charge in [0.1, 0.15) is 0 Å². The van der Waals surface area contributed by atoms with Crippen molar-refractivity contribution in [3.63, 3.8) is 0 Å². The Kier molecular flexibility index (Phi) is 9.23. The van der Waals surface area contributed by atoms with Gasteiger partial charge in [0.2, 0.25) is 0 Å². The highest BCUT2D eigenvalue weighted by Crippen LogP contribution is 2.16. The average molecular weight is 505 g/mol. The van der Waals surface area contributed by atoms with Crippen molar-refractivity contribution >= 4 is 39.8 Å². The van der Waals surface area contributed by atoms with Crippen molar-refractivity contribution in [3.05, 3.63) is 47.8 Å². The normalized spacial score (nSPS) is 13.0. The molecule has 1 heterocycles. The summed E-state index contributed by atoms with van der Waals surface area (Å²) in [5.74, 6) is 1.10. The largest absolute Gasteiger partial charge is 0.356 e. The van der Waals surface area contributed by atoms with Crippen LogP contribution in [0.15, 0.2) is 46.5 Å². The van der Waals surface area contributed by atoms with Gasteiger partial charge in [0.05, 0.1) is 4.90 Å². The molecule has 0 amide bonds. The van der Waals surface area contributed by atoms with E-state index in [1.165, 1.54) is 6.26 Å². The number of nitrogens with zero attached hydrogens (tertiary/aromatic N) is 3. The third-order valence-corrected chi connectivity index (χ3v) is 5.26. The number of aliphatic imine (C=N–C) groups is 1. The summed E-state index contributed by atoms with van der Waals surface area (Å²) >= 11 is 0. The van der Waals surface area contributed by atoms with Crippen molar-refractivity contribution in [2.45, 2.75) is 31.8 Å². The number of nitrogens with one attached hydrogen (secondary N) is 2. The molecule has 0 aliphatic heterocycles. The molecule has 2 N–H and O–H groups in total. The average Bonchev–Trinajstić information content (AvgIpc) is 3.06. The van der Waals surface area contributed by atoms with E-state index < -0.39 is 9.84 Å². The van der Waals surface area contributed by atoms with Gasteiger partial charge in [-0.2, -0.15) is 5.10 Å². The molecule has 0 saturated heterocycles. The Labute approximate surface area is 178 Å². The molecule has 150 valence electrons. The summed E-state index contributed by atoms with van der Waals surface area (Å²) in [6.45, 7) is 6.13. The fourth-order valence-electron chi connectivity index (χ4n) is 2.71. The summed E-state index contributed by atoms with van der Waals surface area (Å²) in [7, 11) is -1.46. The van der Waals surface area contributed by atoms with Gasteiger partial charge in [-0.25, -0.2) is 8.42 Å². The molecule has 0 spiro atoms. The zero-order valence-electron chi connectivity index (χ0n) is 16.1. The summed E-state index contributed by atoms with van der Waals surface area (Å²) in [4.78, 5) is 4.60. The highest BCUT2D eigenvalue weighted by molar-refractivity contribution is 14.0. The lowest BCUT2D eigenvalue weighted by Crippen LogP contribution is -2.39. The minimum Gasteiger partial charge on any atom is -0.356 e. The first-order valence-corrected chi connectivity index (χ1v) is 10.4. The Morgan fingerprint density at radius 2 is 2.07 bits per heavy atom. The van der Waals surface area contributed by atoms with Crippen molar-refractivity contribution < 1.29 is 8.42 Å². The summed E-state index contributed by atoms with van der Waals surface area (Å²) < 4.78 is 25.3. The number of guanidine groups is 1. The molecule has 0 aliphatic rings. The number of hydrogen-bond donors (Lipinski definition) is 2. The summed E-state index contributed by atoms with van der Waals surface area (Å²) in [6.07, 6.45) is 4.95. The maximum atomic E-state index is 11.7. The third kappa shape index (κ3) is 7.49. The minimum atomic E-state index is -3.19. The van der Waals surface area contributed by atoms with Gasteiger partial charge in [0, 0.05) is 45.3 Å². The van der Waals surface area contributed by atoms with Crippen molar-refractivity contribution in [2.75, 3.05) is 19.8 Å². The van der Waals surface area contributed by atoms with Crippen LogP contribution in [-0.2, 0) is 22.9 Å². The molecular formula is C18H28IN5O2S. The Morgan fingerprint density at radius 3 is 2.63 bits per heavy atom. The van der Waals surface area contributed by atoms with Crippen molar-refractivity contribution in [1.82, 2.24) is 20.4 Å². The fourth-order valence-corrected chi connectivity index (χ4v) is 3.67. The van der Waals surface area contributed by atoms with Crippen LogP contribution >= 0.6 is 24.0 Å². The van der Waals surface area contributed by atoms with E-state index in [2.05, 4.69) is 27.6 Å². The fraction of sp³-hybridized carbons (Fsp3) is 0.444. The summed E-state index contributed by atoms with van der Waals surface area (Å²) in [5, 5.41) is 10.8. The van der Waals surface area contributed by atoms with Crippen LogP contribution < -0.4 is 10.6 Å². The van der Waals surface area contributed by atoms with E-state index in [1.807, 2.05) is 36.0 Å². The van der Waals surface area contributed by atoms with Crippen LogP contribution in [0, 0.1) is 12.8 Å². The molecule has 2 aromatic rings. The molecule has 7 nitrogen and oxygen atoms in total. The smallest absolute Gasteiger partial charge is 0.191 e. The first kappa shape index (κ1) is 23.4. The van der Waals surface area contributed by atoms with E-state index in [1.54, 1.807) is 19.3 Å². The van der Waals surface area contributed by atoms with E-state index in [4.69, 9.17) is 0 Å². The van der Waals surface area contributed by atoms with Gasteiger partial charge in [0.15, 0.2) is 15.8 Å². The first-order valence-electron chi connectivity index (χ1n) is 8.51. The van der Waals surface area contributed by atoms with Gasteiger partial charge in [0.25, 0.3) is 0 Å². The van der Waals surface area contributed by atoms with E-state index in [0.29, 0.717) is 23.3 Å². The molecule has 1 aromatic carbocycles. The highest BCUT2D eigenvalue weighted by Gasteiger charge is 2.11. The van der Waals surface area contributed by atoms with Crippen LogP contribution in [0.1, 0.15) is 18.1 Å². The molecule has 0 fully saturated rings. The Balaban J connectivity index is 0.00000364. The summed E-state index contributed by atoms with van der Waals surface area (Å²) in [6, 6.07) is 7.28. The molecule has 2 rings (SSSR count). The highest BCUT2D eigenvalue weighted by atomic mass is 127. The van der Waals surface area contributed by atoms with Crippen LogP contribution in [0.3, 0.4) is 0 Å². The van der Waals surface area contributed by atoms with Gasteiger partial charge < -0.3 is 10.6 Å². The predicted molar refractivity (Wildman–Crippen MR) is 119 cm³/mol. The van der Waals surface area contributed by atoms with Crippen molar-refractivity contribution in [3.8, 4) is 0 Å². The maximum absolute atomic E-state index is 11.7. The van der Waals surface area contributed by atoms with Crippen LogP contribution in [0.25, 0.3) is 0 Å². The lowest BCUT2D eigenvalue weighted by atomic mass is 10.1. The van der Waals surface area contributed by atoms with Gasteiger partial charge in [-0.15, -0.1) is 24.0 Å². The SMILES string of the molecule is CN=C(NCc1ccc(S(C)(=O)=O)c(C)c1)NCC(C)Cn1cccn1.I. The van der Waals surface area contributed by atoms with E-state index in [9.17, 15) is 8.42 Å². The van der Waals surface area contributed by atoms with Crippen LogP contribution in [0.5, 0.6) is 0 Å². The second-order valence-electron chi connectivity index (χ2n) is 6.51. The van der Waals surface area contributed by atoms with E-state index in [0.717, 1.165) is 24.2 Å². The monoisotopic (exact) mass is 505 g/mol. The Hall–Kier alpha value is -1.62. The van der Waals surface area contributed by atoms with Crippen LogP contribution in [0.4, 0.5) is 0 Å². The number of aromatic nitrogens is 2. The topological polar surface area (TPSA) is 88.4 Å². The molecule has 1 unspecified atom stereocenters. The molecule has 1 atom stereocenters. The second kappa shape index (κ2) is 10.6. The lowest BCUT2D eigenvalue weighted by molar-refractivity contribution is 0.443. The molecule has 0 radical (unpaired) electrons. The van der Waals surface area contributed by atoms with E-state index in [-0.39, 0.29) is 24.0 Å². The van der Waals surface area contributed by atoms with Gasteiger partial charge in [-0.1, -0.05) is 19.1 Å².